The Morgan fingerprint density at radius 3 is 1.44 bits per heavy atom. The van der Waals surface area contributed by atoms with Gasteiger partial charge < -0.3 is 0 Å². The summed E-state index contributed by atoms with van der Waals surface area (Å²) >= 11 is 0. The third kappa shape index (κ3) is 5.88. The Balaban J connectivity index is 1.10. The molecule has 59 heavy (non-hydrogen) atoms. The zero-order valence-corrected chi connectivity index (χ0v) is 32.3. The number of hydrogen-bond acceptors (Lipinski definition) is 2. The van der Waals surface area contributed by atoms with Gasteiger partial charge in [0, 0.05) is 16.5 Å². The molecule has 0 saturated heterocycles. The summed E-state index contributed by atoms with van der Waals surface area (Å²) in [7, 11) is 0. The Morgan fingerprint density at radius 2 is 0.763 bits per heavy atom. The SMILES string of the molecule is c1ccc(-c2ccc(-c3nc(-c4cc(-c5ccccc5)cc(-c5cccc(C6(c7ccccc7)c7ccccc7-c7ccccc76)c5)c4)nc4ccccc34)cc2)cc1. The van der Waals surface area contributed by atoms with E-state index < -0.39 is 5.41 Å². The van der Waals surface area contributed by atoms with E-state index in [1.165, 1.54) is 44.5 Å². The molecule has 0 atom stereocenters. The lowest BCUT2D eigenvalue weighted by Crippen LogP contribution is -2.28. The molecule has 1 aliphatic rings. The van der Waals surface area contributed by atoms with Gasteiger partial charge in [-0.05, 0) is 97.1 Å². The van der Waals surface area contributed by atoms with Crippen molar-refractivity contribution in [2.75, 3.05) is 0 Å². The number of benzene rings is 9. The third-order valence-electron chi connectivity index (χ3n) is 12.0. The average molecular weight is 751 g/mol. The van der Waals surface area contributed by atoms with Crippen molar-refractivity contribution in [2.45, 2.75) is 5.41 Å². The highest BCUT2D eigenvalue weighted by Crippen LogP contribution is 2.56. The summed E-state index contributed by atoms with van der Waals surface area (Å²) in [6.45, 7) is 0. The van der Waals surface area contributed by atoms with Gasteiger partial charge in [0.1, 0.15) is 0 Å². The topological polar surface area (TPSA) is 25.8 Å². The van der Waals surface area contributed by atoms with E-state index in [1.807, 2.05) is 0 Å². The fourth-order valence-electron chi connectivity index (χ4n) is 9.24. The number of hydrogen-bond donors (Lipinski definition) is 0. The van der Waals surface area contributed by atoms with Crippen LogP contribution in [0.3, 0.4) is 0 Å². The van der Waals surface area contributed by atoms with Gasteiger partial charge in [0.15, 0.2) is 5.82 Å². The van der Waals surface area contributed by atoms with Gasteiger partial charge in [-0.15, -0.1) is 0 Å². The summed E-state index contributed by atoms with van der Waals surface area (Å²) in [5.41, 5.74) is 17.9. The Morgan fingerprint density at radius 1 is 0.288 bits per heavy atom. The van der Waals surface area contributed by atoms with E-state index in [2.05, 4.69) is 231 Å². The molecule has 11 rings (SSSR count). The lowest BCUT2D eigenvalue weighted by Gasteiger charge is -2.34. The van der Waals surface area contributed by atoms with Crippen LogP contribution in [-0.4, -0.2) is 9.97 Å². The Bertz CT molecular complexity index is 3090. The third-order valence-corrected chi connectivity index (χ3v) is 12.0. The molecule has 1 heterocycles. The smallest absolute Gasteiger partial charge is 0.160 e. The standard InChI is InChI=1S/C57H38N2/c1-4-17-39(18-5-1)41-31-33-42(34-32-41)55-51-27-12-15-30-54(51)58-56(59-55)46-36-44(40-19-6-2-7-20-40)35-45(37-46)43-21-16-24-48(38-43)57(47-22-8-3-9-23-47)52-28-13-10-25-49(52)50-26-11-14-29-53(50)57/h1-38H. The molecular weight excluding hydrogens is 713 g/mol. The van der Waals surface area contributed by atoms with Crippen LogP contribution in [0.2, 0.25) is 0 Å². The normalized spacial score (nSPS) is 12.5. The molecule has 1 aliphatic carbocycles. The molecule has 1 aromatic heterocycles. The molecule has 0 fully saturated rings. The van der Waals surface area contributed by atoms with Gasteiger partial charge in [0.25, 0.3) is 0 Å². The summed E-state index contributed by atoms with van der Waals surface area (Å²) in [5.74, 6) is 0.695. The van der Waals surface area contributed by atoms with Crippen molar-refractivity contribution in [3.05, 3.63) is 253 Å². The summed E-state index contributed by atoms with van der Waals surface area (Å²) < 4.78 is 0. The van der Waals surface area contributed by atoms with Gasteiger partial charge in [0.2, 0.25) is 0 Å². The van der Waals surface area contributed by atoms with Crippen LogP contribution in [0.15, 0.2) is 231 Å². The van der Waals surface area contributed by atoms with Crippen molar-refractivity contribution in [1.29, 1.82) is 0 Å². The fraction of sp³-hybridized carbons (Fsp3) is 0.0175. The highest BCUT2D eigenvalue weighted by atomic mass is 14.9. The number of para-hydroxylation sites is 1. The summed E-state index contributed by atoms with van der Waals surface area (Å²) in [5, 5.41) is 1.03. The van der Waals surface area contributed by atoms with Gasteiger partial charge in [-0.2, -0.15) is 0 Å². The minimum atomic E-state index is -0.489. The minimum Gasteiger partial charge on any atom is -0.228 e. The average Bonchev–Trinajstić information content (AvgIpc) is 3.63. The zero-order chi connectivity index (χ0) is 39.2. The van der Waals surface area contributed by atoms with Crippen molar-refractivity contribution in [3.8, 4) is 67.2 Å². The van der Waals surface area contributed by atoms with Gasteiger partial charge in [-0.25, -0.2) is 9.97 Å². The number of aromatic nitrogens is 2. The van der Waals surface area contributed by atoms with Crippen LogP contribution in [0.5, 0.6) is 0 Å². The van der Waals surface area contributed by atoms with Crippen molar-refractivity contribution in [1.82, 2.24) is 9.97 Å². The summed E-state index contributed by atoms with van der Waals surface area (Å²) in [6.07, 6.45) is 0. The van der Waals surface area contributed by atoms with Crippen LogP contribution in [0, 0.1) is 0 Å². The Labute approximate surface area is 344 Å². The largest absolute Gasteiger partial charge is 0.228 e. The fourth-order valence-corrected chi connectivity index (χ4v) is 9.24. The molecule has 0 N–H and O–H groups in total. The van der Waals surface area contributed by atoms with Crippen LogP contribution in [0.1, 0.15) is 22.3 Å². The van der Waals surface area contributed by atoms with Crippen molar-refractivity contribution < 1.29 is 0 Å². The van der Waals surface area contributed by atoms with Gasteiger partial charge in [-0.3, -0.25) is 0 Å². The molecule has 9 aromatic carbocycles. The van der Waals surface area contributed by atoms with E-state index in [0.29, 0.717) is 5.82 Å². The number of fused-ring (bicyclic) bond motifs is 4. The predicted molar refractivity (Wildman–Crippen MR) is 244 cm³/mol. The molecule has 2 nitrogen and oxygen atoms in total. The highest BCUT2D eigenvalue weighted by Gasteiger charge is 2.45. The second kappa shape index (κ2) is 14.4. The summed E-state index contributed by atoms with van der Waals surface area (Å²) in [4.78, 5) is 10.6. The Hall–Kier alpha value is -7.68. The first-order chi connectivity index (χ1) is 29.2. The van der Waals surface area contributed by atoms with Crippen LogP contribution < -0.4 is 0 Å². The van der Waals surface area contributed by atoms with E-state index >= 15 is 0 Å². The molecule has 0 bridgehead atoms. The summed E-state index contributed by atoms with van der Waals surface area (Å²) in [6, 6.07) is 83.0. The van der Waals surface area contributed by atoms with Gasteiger partial charge in [0.05, 0.1) is 16.6 Å². The first-order valence-corrected chi connectivity index (χ1v) is 20.2. The lowest BCUT2D eigenvalue weighted by atomic mass is 9.67. The van der Waals surface area contributed by atoms with Crippen LogP contribution in [0.4, 0.5) is 0 Å². The molecular formula is C57H38N2. The molecule has 0 radical (unpaired) electrons. The van der Waals surface area contributed by atoms with E-state index in [4.69, 9.17) is 9.97 Å². The van der Waals surface area contributed by atoms with Crippen molar-refractivity contribution in [3.63, 3.8) is 0 Å². The van der Waals surface area contributed by atoms with E-state index in [-0.39, 0.29) is 0 Å². The molecule has 10 aromatic rings. The maximum absolute atomic E-state index is 5.38. The van der Waals surface area contributed by atoms with Crippen LogP contribution in [-0.2, 0) is 5.41 Å². The first-order valence-electron chi connectivity index (χ1n) is 20.2. The first kappa shape index (κ1) is 34.6. The van der Waals surface area contributed by atoms with Gasteiger partial charge in [-0.1, -0.05) is 200 Å². The molecule has 0 spiro atoms. The maximum atomic E-state index is 5.38. The van der Waals surface area contributed by atoms with E-state index in [1.54, 1.807) is 0 Å². The maximum Gasteiger partial charge on any atom is 0.160 e. The van der Waals surface area contributed by atoms with Crippen LogP contribution >= 0.6 is 0 Å². The zero-order valence-electron chi connectivity index (χ0n) is 32.3. The van der Waals surface area contributed by atoms with E-state index in [0.717, 1.165) is 50.0 Å². The second-order valence-electron chi connectivity index (χ2n) is 15.3. The van der Waals surface area contributed by atoms with Crippen LogP contribution in [0.25, 0.3) is 78.1 Å². The van der Waals surface area contributed by atoms with Crippen molar-refractivity contribution >= 4 is 10.9 Å². The number of nitrogens with zero attached hydrogens (tertiary/aromatic N) is 2. The minimum absolute atomic E-state index is 0.489. The monoisotopic (exact) mass is 750 g/mol. The highest BCUT2D eigenvalue weighted by molar-refractivity contribution is 5.94. The molecule has 276 valence electrons. The molecule has 0 unspecified atom stereocenters. The van der Waals surface area contributed by atoms with E-state index in [9.17, 15) is 0 Å². The molecule has 0 amide bonds. The van der Waals surface area contributed by atoms with Crippen molar-refractivity contribution in [2.24, 2.45) is 0 Å². The molecule has 2 heteroatoms. The quantitative estimate of drug-likeness (QED) is 0.162. The lowest BCUT2D eigenvalue weighted by molar-refractivity contribution is 0.769. The van der Waals surface area contributed by atoms with Gasteiger partial charge >= 0.3 is 0 Å². The molecule has 0 saturated carbocycles. The second-order valence-corrected chi connectivity index (χ2v) is 15.3. The number of rotatable bonds is 7. The Kier molecular flexibility index (Phi) is 8.41. The predicted octanol–water partition coefficient (Wildman–Crippen LogP) is 14.3. The molecule has 0 aliphatic heterocycles.